The van der Waals surface area contributed by atoms with Gasteiger partial charge in [0.1, 0.15) is 0 Å². The van der Waals surface area contributed by atoms with Crippen LogP contribution >= 0.6 is 0 Å². The van der Waals surface area contributed by atoms with E-state index in [4.69, 9.17) is 10.0 Å². The van der Waals surface area contributed by atoms with Gasteiger partial charge < -0.3 is 15.5 Å². The Labute approximate surface area is 70.6 Å². The molecule has 0 saturated heterocycles. The number of rotatable bonds is 0. The summed E-state index contributed by atoms with van der Waals surface area (Å²) in [5.41, 5.74) is 0. The van der Waals surface area contributed by atoms with Crippen molar-refractivity contribution in [2.24, 2.45) is 0 Å². The Morgan fingerprint density at radius 3 is 1.25 bits per heavy atom. The monoisotopic (exact) mass is 147 g/mol. The Balaban J connectivity index is -0.0000000160. The Kier molecular flexibility index (Phi) is 123. The summed E-state index contributed by atoms with van der Waals surface area (Å²) in [6, 6.07) is 0. The molecule has 0 aromatic heterocycles. The maximum atomic E-state index is 8.25. The quantitative estimate of drug-likeness (QED) is 0.205. The predicted octanol–water partition coefficient (Wildman–Crippen LogP) is -3.26. The average molecular weight is 147 g/mol. The van der Waals surface area contributed by atoms with Crippen molar-refractivity contribution < 1.29 is 15.5 Å². The van der Waals surface area contributed by atoms with E-state index in [1.807, 2.05) is 0 Å². The van der Waals surface area contributed by atoms with Gasteiger partial charge in [-0.1, -0.05) is 0 Å². The van der Waals surface area contributed by atoms with Crippen molar-refractivity contribution >= 4 is 42.5 Å². The molecule has 0 rings (SSSR count). The first-order valence-electron chi connectivity index (χ1n) is 1.37. The van der Waals surface area contributed by atoms with E-state index >= 15 is 0 Å². The van der Waals surface area contributed by atoms with Crippen LogP contribution in [0.1, 0.15) is 0 Å². The minimum absolute atomic E-state index is 0. The molecule has 0 aromatic carbocycles. The molecule has 3 nitrogen and oxygen atoms in total. The van der Waals surface area contributed by atoms with Crippen molar-refractivity contribution in [3.63, 3.8) is 0 Å². The zero-order valence-corrected chi connectivity index (χ0v) is 7.30. The maximum Gasteiger partial charge on any atom is 2.00 e. The van der Waals surface area contributed by atoms with Crippen LogP contribution in [0.4, 0.5) is 0 Å². The van der Waals surface area contributed by atoms with Crippen LogP contribution in [0.2, 0.25) is 0 Å². The molecule has 1 N–H and O–H groups in total. The summed E-state index contributed by atoms with van der Waals surface area (Å²) in [5, 5.41) is 16.5. The molecule has 0 aromatic rings. The maximum absolute atomic E-state index is 8.25. The summed E-state index contributed by atoms with van der Waals surface area (Å²) in [6.07, 6.45) is 4.19. The zero-order valence-electron chi connectivity index (χ0n) is 5.00. The first-order valence-corrected chi connectivity index (χ1v) is 3.15. The summed E-state index contributed by atoms with van der Waals surface area (Å²) >= 11 is 1.42. The van der Waals surface area contributed by atoms with Crippen molar-refractivity contribution in [3.05, 3.63) is 0 Å². The molecule has 0 aliphatic heterocycles. The first-order chi connectivity index (χ1) is 2.83. The van der Waals surface area contributed by atoms with Crippen LogP contribution in [0.3, 0.4) is 0 Å². The fourth-order valence-electron chi connectivity index (χ4n) is 0. The van der Waals surface area contributed by atoms with Crippen LogP contribution in [0.25, 0.3) is 0 Å². The average Bonchev–Trinajstić information content (AvgIpc) is 1.39. The van der Waals surface area contributed by atoms with E-state index in [2.05, 4.69) is 12.5 Å². The second-order valence-electron chi connectivity index (χ2n) is 0.543. The Morgan fingerprint density at radius 2 is 1.25 bits per heavy atom. The van der Waals surface area contributed by atoms with E-state index in [0.717, 1.165) is 0 Å². The molecular weight excluding hydrogens is 139 g/mol. The Bertz CT molecular complexity index is 19.2. The summed E-state index contributed by atoms with van der Waals surface area (Å²) in [5.74, 6) is 0. The molecule has 0 heterocycles. The second kappa shape index (κ2) is 42.9. The van der Waals surface area contributed by atoms with E-state index in [1.165, 1.54) is 11.8 Å². The van der Waals surface area contributed by atoms with Gasteiger partial charge in [-0.25, -0.2) is 7.69 Å². The first kappa shape index (κ1) is 23.0. The summed E-state index contributed by atoms with van der Waals surface area (Å²) < 4.78 is 0. The van der Waals surface area contributed by atoms with Crippen molar-refractivity contribution in [2.75, 3.05) is 12.5 Å². The number of hydrogen-bond donors (Lipinski definition) is 0. The van der Waals surface area contributed by atoms with Crippen LogP contribution in [0.15, 0.2) is 0 Å². The van der Waals surface area contributed by atoms with Gasteiger partial charge in [0.2, 0.25) is 0 Å². The van der Waals surface area contributed by atoms with Gasteiger partial charge in [0.25, 0.3) is 0 Å². The van der Waals surface area contributed by atoms with E-state index < -0.39 is 7.69 Å². The van der Waals surface area contributed by atoms with Crippen molar-refractivity contribution in [1.29, 1.82) is 0 Å². The molecule has 0 atom stereocenters. The number of thiol groups is 1. The predicted molar refractivity (Wildman–Crippen MR) is 34.1 cm³/mol. The molecule has 6 heteroatoms. The smallest absolute Gasteiger partial charge is 0.900 e. The molecule has 0 spiro atoms. The second-order valence-corrected chi connectivity index (χ2v) is 1.44. The summed E-state index contributed by atoms with van der Waals surface area (Å²) in [6.45, 7) is 0. The van der Waals surface area contributed by atoms with Gasteiger partial charge in [-0.15, -0.1) is 0 Å². The standard InChI is InChI=1S/C2H6S.BO2.Mg.H2O/c1-3-2;2-1-3;;/h1-2H3;;;1H2/q;-2;+2;. The van der Waals surface area contributed by atoms with E-state index in [-0.39, 0.29) is 28.5 Å². The third kappa shape index (κ3) is 230. The van der Waals surface area contributed by atoms with Crippen LogP contribution in [-0.4, -0.2) is 48.7 Å². The molecule has 0 amide bonds. The van der Waals surface area contributed by atoms with Crippen LogP contribution in [0, 0.1) is 0 Å². The zero-order chi connectivity index (χ0) is 5.41. The largest absolute Gasteiger partial charge is 2.00 e. The van der Waals surface area contributed by atoms with Crippen molar-refractivity contribution in [2.45, 2.75) is 0 Å². The van der Waals surface area contributed by atoms with E-state index in [9.17, 15) is 0 Å². The molecule has 0 saturated carbocycles. The topological polar surface area (TPSA) is 76.1 Å². The van der Waals surface area contributed by atoms with Gasteiger partial charge in [-0.2, -0.15) is 0 Å². The third-order valence-electron chi connectivity index (χ3n) is 0. The van der Waals surface area contributed by atoms with Crippen molar-refractivity contribution in [1.82, 2.24) is 0 Å². The molecule has 0 unspecified atom stereocenters. The van der Waals surface area contributed by atoms with Crippen molar-refractivity contribution in [3.8, 4) is 0 Å². The van der Waals surface area contributed by atoms with Gasteiger partial charge in [-0.3, -0.25) is 0 Å². The summed E-state index contributed by atoms with van der Waals surface area (Å²) in [4.78, 5) is 0. The Hall–Kier alpha value is 1.06. The number of hydrogen-bond acceptors (Lipinski definition) is 3. The van der Waals surface area contributed by atoms with Gasteiger partial charge in [0.15, 0.2) is 0 Å². The molecule has 1 radical (unpaired) electrons. The van der Waals surface area contributed by atoms with Gasteiger partial charge in [-0.05, 0) is 11.8 Å². The molecular formula is C2H8BMgO3S. The van der Waals surface area contributed by atoms with E-state index in [1.54, 1.807) is 0 Å². The van der Waals surface area contributed by atoms with Crippen LogP contribution < -0.4 is 10.0 Å². The fraction of sp³-hybridized carbons (Fsp3) is 1.00. The van der Waals surface area contributed by atoms with Gasteiger partial charge in [0.05, 0.1) is 12.5 Å². The van der Waals surface area contributed by atoms with Gasteiger partial charge >= 0.3 is 23.1 Å². The Morgan fingerprint density at radius 1 is 1.25 bits per heavy atom. The molecule has 0 fully saturated rings. The molecule has 45 valence electrons. The fourth-order valence-corrected chi connectivity index (χ4v) is 0. The van der Waals surface area contributed by atoms with Crippen LogP contribution in [-0.2, 0) is 11.8 Å². The normalized spacial score (nSPS) is 4.00. The van der Waals surface area contributed by atoms with Crippen LogP contribution in [0.5, 0.6) is 0 Å². The third-order valence-corrected chi connectivity index (χ3v) is 0. The summed E-state index contributed by atoms with van der Waals surface area (Å²) in [7, 11) is -0.500. The SMILES string of the molecule is C[SH+]C.[Mg+2].[O-][B][O-].[OH-]. The molecule has 0 aliphatic rings. The molecule has 0 aliphatic carbocycles. The van der Waals surface area contributed by atoms with E-state index in [0.29, 0.717) is 0 Å². The van der Waals surface area contributed by atoms with Gasteiger partial charge in [0, 0.05) is 0 Å². The molecule has 8 heavy (non-hydrogen) atoms. The minimum Gasteiger partial charge on any atom is -0.900 e. The minimum atomic E-state index is -0.500. The molecule has 0 bridgehead atoms.